The van der Waals surface area contributed by atoms with Crippen LogP contribution < -0.4 is 20.7 Å². The monoisotopic (exact) mass is 560 g/mol. The summed E-state index contributed by atoms with van der Waals surface area (Å²) in [6.07, 6.45) is 3.10. The lowest BCUT2D eigenvalue weighted by atomic mass is 9.88. The number of fused-ring (bicyclic) bond motifs is 1. The quantitative estimate of drug-likeness (QED) is 0.198. The molecule has 41 heavy (non-hydrogen) atoms. The minimum Gasteiger partial charge on any atom is -0.496 e. The second-order valence-corrected chi connectivity index (χ2v) is 10.7. The van der Waals surface area contributed by atoms with Crippen LogP contribution in [0.1, 0.15) is 60.2 Å². The number of H-pyrrole nitrogens is 1. The Morgan fingerprint density at radius 3 is 2.44 bits per heavy atom. The van der Waals surface area contributed by atoms with Gasteiger partial charge in [-0.2, -0.15) is 0 Å². The van der Waals surface area contributed by atoms with Crippen LogP contribution in [0.15, 0.2) is 54.7 Å². The maximum absolute atomic E-state index is 13.6. The second kappa shape index (κ2) is 13.3. The number of Topliss-reactive ketones (excluding diaryl/α,β-unsaturated/α-hetero) is 2. The van der Waals surface area contributed by atoms with Crippen molar-refractivity contribution in [1.29, 1.82) is 0 Å². The first-order valence-electron chi connectivity index (χ1n) is 13.9. The molecule has 1 aromatic heterocycles. The van der Waals surface area contributed by atoms with Crippen LogP contribution in [0.2, 0.25) is 0 Å². The molecule has 1 aliphatic rings. The third-order valence-corrected chi connectivity index (χ3v) is 7.27. The van der Waals surface area contributed by atoms with Crippen LogP contribution in [0.25, 0.3) is 10.9 Å². The molecule has 3 aromatic rings. The number of hydrogen-bond donors (Lipinski definition) is 4. The highest BCUT2D eigenvalue weighted by atomic mass is 16.5. The largest absolute Gasteiger partial charge is 0.496 e. The molecule has 2 aromatic carbocycles. The molecule has 2 unspecified atom stereocenters. The van der Waals surface area contributed by atoms with Gasteiger partial charge >= 0.3 is 0 Å². The number of aromatic amines is 1. The van der Waals surface area contributed by atoms with E-state index in [0.717, 1.165) is 6.42 Å². The number of ketones is 2. The van der Waals surface area contributed by atoms with Crippen molar-refractivity contribution in [2.75, 3.05) is 13.7 Å². The van der Waals surface area contributed by atoms with E-state index in [4.69, 9.17) is 4.74 Å². The van der Waals surface area contributed by atoms with Crippen molar-refractivity contribution < 1.29 is 28.7 Å². The number of methoxy groups -OCH3 is 1. The Morgan fingerprint density at radius 1 is 1.00 bits per heavy atom. The normalized spacial score (nSPS) is 16.5. The first-order chi connectivity index (χ1) is 19.7. The Morgan fingerprint density at radius 2 is 1.76 bits per heavy atom. The first-order valence-corrected chi connectivity index (χ1v) is 13.9. The van der Waals surface area contributed by atoms with Gasteiger partial charge in [0.2, 0.25) is 23.4 Å². The summed E-state index contributed by atoms with van der Waals surface area (Å²) in [6, 6.07) is 11.2. The third-order valence-electron chi connectivity index (χ3n) is 7.27. The summed E-state index contributed by atoms with van der Waals surface area (Å²) < 4.78 is 5.43. The maximum atomic E-state index is 13.6. The lowest BCUT2D eigenvalue weighted by molar-refractivity contribution is -0.130. The molecule has 3 amide bonds. The summed E-state index contributed by atoms with van der Waals surface area (Å²) in [5.74, 6) is -2.86. The number of piperidine rings is 1. The number of nitrogens with one attached hydrogen (secondary N) is 4. The number of aromatic nitrogens is 1. The summed E-state index contributed by atoms with van der Waals surface area (Å²) in [7, 11) is 1.51. The maximum Gasteiger partial charge on any atom is 0.254 e. The predicted octanol–water partition coefficient (Wildman–Crippen LogP) is 3.17. The smallest absolute Gasteiger partial charge is 0.254 e. The topological polar surface area (TPSA) is 146 Å². The van der Waals surface area contributed by atoms with E-state index in [0.29, 0.717) is 35.2 Å². The molecule has 3 atom stereocenters. The van der Waals surface area contributed by atoms with Crippen molar-refractivity contribution in [3.63, 3.8) is 0 Å². The van der Waals surface area contributed by atoms with Gasteiger partial charge < -0.3 is 25.7 Å². The van der Waals surface area contributed by atoms with Crippen molar-refractivity contribution in [3.05, 3.63) is 65.9 Å². The van der Waals surface area contributed by atoms with Gasteiger partial charge in [-0.15, -0.1) is 0 Å². The Kier molecular flexibility index (Phi) is 9.54. The van der Waals surface area contributed by atoms with Crippen LogP contribution in [-0.2, 0) is 14.4 Å². The van der Waals surface area contributed by atoms with E-state index in [1.807, 2.05) is 19.9 Å². The van der Waals surface area contributed by atoms with Crippen molar-refractivity contribution >= 4 is 40.2 Å². The summed E-state index contributed by atoms with van der Waals surface area (Å²) >= 11 is 0. The highest BCUT2D eigenvalue weighted by Gasteiger charge is 2.35. The van der Waals surface area contributed by atoms with Crippen molar-refractivity contribution in [2.45, 2.75) is 51.6 Å². The zero-order valence-corrected chi connectivity index (χ0v) is 23.5. The van der Waals surface area contributed by atoms with Crippen LogP contribution >= 0.6 is 0 Å². The fourth-order valence-electron chi connectivity index (χ4n) is 5.18. The molecule has 4 N–H and O–H groups in total. The summed E-state index contributed by atoms with van der Waals surface area (Å²) in [4.78, 5) is 69.1. The molecular formula is C31H36N4O6. The van der Waals surface area contributed by atoms with Gasteiger partial charge in [0, 0.05) is 29.7 Å². The number of carbonyl (C=O) groups excluding carboxylic acids is 5. The van der Waals surface area contributed by atoms with Crippen LogP contribution in [0.3, 0.4) is 0 Å². The molecule has 0 saturated carbocycles. The lowest BCUT2D eigenvalue weighted by Crippen LogP contribution is -2.54. The number of rotatable bonds is 12. The highest BCUT2D eigenvalue weighted by Crippen LogP contribution is 2.28. The fourth-order valence-corrected chi connectivity index (χ4v) is 5.18. The molecule has 4 rings (SSSR count). The van der Waals surface area contributed by atoms with E-state index < -0.39 is 41.4 Å². The van der Waals surface area contributed by atoms with Crippen molar-refractivity contribution in [1.82, 2.24) is 20.9 Å². The van der Waals surface area contributed by atoms with Crippen LogP contribution in [0, 0.1) is 11.8 Å². The molecule has 0 radical (unpaired) electrons. The minimum absolute atomic E-state index is 0.0169. The SMILES string of the molecule is COc1cccc2[nH]cc(C(=O)N[C@@H](CC(C)C)C(=O)NC(CC3CCCNC3=O)C(=O)C(=O)c3ccccc3)c12. The molecule has 10 nitrogen and oxygen atoms in total. The Hall–Kier alpha value is -4.47. The number of benzene rings is 2. The standard InChI is InChI=1S/C31H36N4O6/c1-18(2)15-24(35-30(39)21-17-33-22-12-7-13-25(41-3)26(21)22)31(40)34-23(16-20-11-8-14-32-29(20)38)28(37)27(36)19-9-5-4-6-10-19/h4-7,9-10,12-13,17-18,20,23-24,33H,8,11,14-16H2,1-3H3,(H,32,38)(H,34,40)(H,35,39)/t20?,23?,24-/m0/s1. The molecule has 0 bridgehead atoms. The van der Waals surface area contributed by atoms with Gasteiger partial charge in [0.05, 0.1) is 24.1 Å². The van der Waals surface area contributed by atoms with Crippen molar-refractivity contribution in [2.24, 2.45) is 11.8 Å². The summed E-state index contributed by atoms with van der Waals surface area (Å²) in [5.41, 5.74) is 1.21. The van der Waals surface area contributed by atoms with E-state index in [1.54, 1.807) is 36.5 Å². The molecule has 216 valence electrons. The number of amides is 3. The van der Waals surface area contributed by atoms with Crippen molar-refractivity contribution in [3.8, 4) is 5.75 Å². The van der Waals surface area contributed by atoms with E-state index in [-0.39, 0.29) is 30.2 Å². The van der Waals surface area contributed by atoms with Crippen LogP contribution in [-0.4, -0.2) is 60.0 Å². The molecule has 0 spiro atoms. The average molecular weight is 561 g/mol. The third kappa shape index (κ3) is 7.00. The Bertz CT molecular complexity index is 1430. The van der Waals surface area contributed by atoms with Gasteiger partial charge in [-0.1, -0.05) is 50.2 Å². The molecule has 1 aliphatic heterocycles. The molecule has 0 aliphatic carbocycles. The number of ether oxygens (including phenoxy) is 1. The molecule has 1 saturated heterocycles. The average Bonchev–Trinajstić information content (AvgIpc) is 3.41. The van der Waals surface area contributed by atoms with Crippen LogP contribution in [0.5, 0.6) is 5.75 Å². The van der Waals surface area contributed by atoms with E-state index >= 15 is 0 Å². The predicted molar refractivity (Wildman–Crippen MR) is 154 cm³/mol. The highest BCUT2D eigenvalue weighted by molar-refractivity contribution is 6.45. The first kappa shape index (κ1) is 29.5. The van der Waals surface area contributed by atoms with Gasteiger partial charge in [-0.3, -0.25) is 24.0 Å². The molecule has 2 heterocycles. The molecule has 1 fully saturated rings. The summed E-state index contributed by atoms with van der Waals surface area (Å²) in [6.45, 7) is 4.37. The summed E-state index contributed by atoms with van der Waals surface area (Å²) in [5, 5.41) is 8.90. The van der Waals surface area contributed by atoms with Gasteiger partial charge in [0.15, 0.2) is 0 Å². The number of carbonyl (C=O) groups is 5. The Labute approximate surface area is 238 Å². The fraction of sp³-hybridized carbons (Fsp3) is 0.387. The second-order valence-electron chi connectivity index (χ2n) is 10.7. The van der Waals surface area contributed by atoms with E-state index in [9.17, 15) is 24.0 Å². The minimum atomic E-state index is -1.23. The van der Waals surface area contributed by atoms with Gasteiger partial charge in [-0.25, -0.2) is 0 Å². The van der Waals surface area contributed by atoms with Crippen LogP contribution in [0.4, 0.5) is 0 Å². The number of hydrogen-bond acceptors (Lipinski definition) is 6. The van der Waals surface area contributed by atoms with E-state index in [1.165, 1.54) is 19.2 Å². The molecule has 10 heteroatoms. The van der Waals surface area contributed by atoms with Gasteiger partial charge in [-0.05, 0) is 43.7 Å². The lowest BCUT2D eigenvalue weighted by Gasteiger charge is -2.28. The van der Waals surface area contributed by atoms with E-state index in [2.05, 4.69) is 20.9 Å². The Balaban J connectivity index is 1.58. The van der Waals surface area contributed by atoms with Gasteiger partial charge in [0.1, 0.15) is 11.8 Å². The van der Waals surface area contributed by atoms with Gasteiger partial charge in [0.25, 0.3) is 5.91 Å². The zero-order valence-electron chi connectivity index (χ0n) is 23.5. The molecular weight excluding hydrogens is 524 g/mol. The zero-order chi connectivity index (χ0) is 29.5.